The van der Waals surface area contributed by atoms with Gasteiger partial charge in [-0.1, -0.05) is 12.0 Å². The zero-order valence-electron chi connectivity index (χ0n) is 11.8. The molecule has 1 aromatic carbocycles. The van der Waals surface area contributed by atoms with Gasteiger partial charge in [-0.15, -0.1) is 10.3 Å². The lowest BCUT2D eigenvalue weighted by Crippen LogP contribution is -2.19. The van der Waals surface area contributed by atoms with Gasteiger partial charge in [0.25, 0.3) is 10.1 Å². The maximum absolute atomic E-state index is 10.8. The van der Waals surface area contributed by atoms with Gasteiger partial charge in [0.2, 0.25) is 0 Å². The molecule has 0 saturated carbocycles. The summed E-state index contributed by atoms with van der Waals surface area (Å²) in [6.07, 6.45) is 0.253. The van der Waals surface area contributed by atoms with E-state index >= 15 is 0 Å². The summed E-state index contributed by atoms with van der Waals surface area (Å²) in [5, 5.41) is 0. The van der Waals surface area contributed by atoms with Gasteiger partial charge in [-0.25, -0.2) is 4.89 Å². The number of hydrogen-bond donors (Lipinski definition) is 1. The van der Waals surface area contributed by atoms with Crippen molar-refractivity contribution in [2.75, 3.05) is 23.7 Å². The molecule has 0 aliphatic heterocycles. The molecule has 116 valence electrons. The lowest BCUT2D eigenvalue weighted by Gasteiger charge is -2.21. The summed E-state index contributed by atoms with van der Waals surface area (Å²) in [4.78, 5) is 4.54. The van der Waals surface area contributed by atoms with Crippen molar-refractivity contribution in [3.8, 4) is 11.8 Å². The van der Waals surface area contributed by atoms with Crippen LogP contribution in [0, 0.1) is 11.8 Å². The predicted octanol–water partition coefficient (Wildman–Crippen LogP) is 2.28. The van der Waals surface area contributed by atoms with Crippen molar-refractivity contribution in [2.45, 2.75) is 13.3 Å². The molecule has 0 aliphatic rings. The van der Waals surface area contributed by atoms with Crippen LogP contribution >= 0.6 is 12.2 Å². The van der Waals surface area contributed by atoms with Crippen LogP contribution in [0.25, 0.3) is 0 Å². The van der Waals surface area contributed by atoms with Crippen LogP contribution in [-0.4, -0.2) is 32.4 Å². The summed E-state index contributed by atoms with van der Waals surface area (Å²) >= 11 is 0.938. The molecule has 0 atom stereocenters. The van der Waals surface area contributed by atoms with Crippen molar-refractivity contribution in [1.82, 2.24) is 0 Å². The number of rotatable bonds is 8. The second-order valence-corrected chi connectivity index (χ2v) is 6.27. The van der Waals surface area contributed by atoms with Crippen LogP contribution in [0.2, 0.25) is 0 Å². The summed E-state index contributed by atoms with van der Waals surface area (Å²) in [6.45, 7) is 2.11. The smallest absolute Gasteiger partial charge is 0.264 e. The Balaban J connectivity index is 2.80. The Morgan fingerprint density at radius 2 is 2.19 bits per heavy atom. The highest BCUT2D eigenvalue weighted by Gasteiger charge is 2.12. The highest BCUT2D eigenvalue weighted by molar-refractivity contribution is 7.96. The Morgan fingerprint density at radius 3 is 2.81 bits per heavy atom. The largest absolute Gasteiger partial charge is 0.291 e. The standard InChI is InChI=1S/C13H17NO5S2/c1-3-6-12-7-4-8-13(11-12)14(20-19-18-2)9-5-10-21(15,16)17/h4,7-8,11H,5,9-10H2,1-2H3,(H,15,16,17). The first-order chi connectivity index (χ1) is 9.96. The molecule has 0 amide bonds. The van der Waals surface area contributed by atoms with Crippen LogP contribution < -0.4 is 4.31 Å². The van der Waals surface area contributed by atoms with Gasteiger partial charge in [0.15, 0.2) is 12.2 Å². The number of benzene rings is 1. The zero-order chi connectivity index (χ0) is 15.7. The summed E-state index contributed by atoms with van der Waals surface area (Å²) in [6, 6.07) is 7.42. The molecule has 0 unspecified atom stereocenters. The molecule has 1 rings (SSSR count). The molecule has 0 fully saturated rings. The zero-order valence-corrected chi connectivity index (χ0v) is 13.4. The second-order valence-electron chi connectivity index (χ2n) is 3.98. The van der Waals surface area contributed by atoms with E-state index in [1.54, 1.807) is 11.2 Å². The summed E-state index contributed by atoms with van der Waals surface area (Å²) in [5.41, 5.74) is 1.64. The predicted molar refractivity (Wildman–Crippen MR) is 83.1 cm³/mol. The molecule has 8 heteroatoms. The summed E-state index contributed by atoms with van der Waals surface area (Å²) in [5.74, 6) is 5.44. The first-order valence-corrected chi connectivity index (χ1v) is 8.40. The second kappa shape index (κ2) is 8.92. The summed E-state index contributed by atoms with van der Waals surface area (Å²) < 4.78 is 36.8. The highest BCUT2D eigenvalue weighted by Crippen LogP contribution is 2.24. The molecule has 0 aromatic heterocycles. The van der Waals surface area contributed by atoms with E-state index < -0.39 is 10.1 Å². The minimum atomic E-state index is -3.97. The van der Waals surface area contributed by atoms with E-state index in [0.29, 0.717) is 6.54 Å². The van der Waals surface area contributed by atoms with Crippen molar-refractivity contribution < 1.29 is 22.2 Å². The van der Waals surface area contributed by atoms with Crippen LogP contribution in [0.1, 0.15) is 18.9 Å². The Bertz CT molecular complexity index is 606. The van der Waals surface area contributed by atoms with Gasteiger partial charge in [-0.2, -0.15) is 8.42 Å². The lowest BCUT2D eigenvalue weighted by molar-refractivity contribution is -0.160. The van der Waals surface area contributed by atoms with Gasteiger partial charge >= 0.3 is 0 Å². The lowest BCUT2D eigenvalue weighted by atomic mass is 10.2. The molecule has 0 radical (unpaired) electrons. The van der Waals surface area contributed by atoms with Crippen LogP contribution in [0.5, 0.6) is 0 Å². The molecular formula is C13H17NO5S2. The third-order valence-corrected chi connectivity index (χ3v) is 3.93. The molecule has 0 bridgehead atoms. The minimum absolute atomic E-state index is 0.253. The molecule has 0 aliphatic carbocycles. The molecule has 0 spiro atoms. The first kappa shape index (κ1) is 17.8. The van der Waals surface area contributed by atoms with E-state index in [0.717, 1.165) is 23.5 Å². The van der Waals surface area contributed by atoms with Crippen molar-refractivity contribution >= 4 is 28.0 Å². The molecule has 1 aromatic rings. The fourth-order valence-corrected chi connectivity index (χ4v) is 2.58. The molecule has 0 saturated heterocycles. The van der Waals surface area contributed by atoms with Crippen LogP contribution in [0.3, 0.4) is 0 Å². The maximum atomic E-state index is 10.8. The topological polar surface area (TPSA) is 76.1 Å². The molecule has 6 nitrogen and oxygen atoms in total. The van der Waals surface area contributed by atoms with E-state index in [1.165, 1.54) is 7.11 Å². The molecular weight excluding hydrogens is 314 g/mol. The van der Waals surface area contributed by atoms with E-state index in [2.05, 4.69) is 16.7 Å². The summed E-state index contributed by atoms with van der Waals surface area (Å²) in [7, 11) is -2.59. The minimum Gasteiger partial charge on any atom is -0.291 e. The number of hydrogen-bond acceptors (Lipinski definition) is 6. The number of nitrogens with zero attached hydrogens (tertiary/aromatic N) is 1. The van der Waals surface area contributed by atoms with Crippen molar-refractivity contribution in [3.63, 3.8) is 0 Å². The van der Waals surface area contributed by atoms with Gasteiger partial charge in [-0.3, -0.25) is 8.86 Å². The van der Waals surface area contributed by atoms with E-state index in [4.69, 9.17) is 8.89 Å². The van der Waals surface area contributed by atoms with Gasteiger partial charge in [0, 0.05) is 12.1 Å². The van der Waals surface area contributed by atoms with Crippen LogP contribution in [0.4, 0.5) is 5.69 Å². The Morgan fingerprint density at radius 1 is 1.43 bits per heavy atom. The monoisotopic (exact) mass is 331 g/mol. The third kappa shape index (κ3) is 7.36. The third-order valence-electron chi connectivity index (χ3n) is 2.36. The fourth-order valence-electron chi connectivity index (χ4n) is 1.55. The molecule has 21 heavy (non-hydrogen) atoms. The van der Waals surface area contributed by atoms with Crippen molar-refractivity contribution in [3.05, 3.63) is 29.8 Å². The quantitative estimate of drug-likeness (QED) is 0.196. The Kier molecular flexibility index (Phi) is 7.56. The maximum Gasteiger partial charge on any atom is 0.264 e. The van der Waals surface area contributed by atoms with Gasteiger partial charge in [-0.05, 0) is 31.5 Å². The molecule has 1 N–H and O–H groups in total. The van der Waals surface area contributed by atoms with Crippen molar-refractivity contribution in [1.29, 1.82) is 0 Å². The van der Waals surface area contributed by atoms with Crippen molar-refractivity contribution in [2.24, 2.45) is 0 Å². The highest BCUT2D eigenvalue weighted by atomic mass is 32.2. The van der Waals surface area contributed by atoms with E-state index in [9.17, 15) is 8.42 Å². The van der Waals surface area contributed by atoms with Gasteiger partial charge in [0.1, 0.15) is 0 Å². The SMILES string of the molecule is CC#Cc1cccc(N(CCCS(=O)(=O)O)SOOC)c1. The van der Waals surface area contributed by atoms with E-state index in [-0.39, 0.29) is 12.2 Å². The Labute approximate surface area is 129 Å². The van der Waals surface area contributed by atoms with Gasteiger partial charge in [0.05, 0.1) is 18.6 Å². The normalized spacial score (nSPS) is 10.8. The number of anilines is 1. The van der Waals surface area contributed by atoms with E-state index in [1.807, 2.05) is 24.3 Å². The average Bonchev–Trinajstić information content (AvgIpc) is 2.42. The molecule has 0 heterocycles. The first-order valence-electron chi connectivity index (χ1n) is 6.09. The Hall–Kier alpha value is -1.24. The van der Waals surface area contributed by atoms with Crippen LogP contribution in [0.15, 0.2) is 24.3 Å². The fraction of sp³-hybridized carbons (Fsp3) is 0.385. The average molecular weight is 331 g/mol. The van der Waals surface area contributed by atoms with Gasteiger partial charge < -0.3 is 0 Å². The van der Waals surface area contributed by atoms with Crippen LogP contribution in [-0.2, 0) is 19.3 Å².